The number of nitrogens with zero attached hydrogens (tertiary/aromatic N) is 1. The van der Waals surface area contributed by atoms with E-state index in [4.69, 9.17) is 9.47 Å². The van der Waals surface area contributed by atoms with Crippen LogP contribution in [0.1, 0.15) is 31.9 Å². The highest BCUT2D eigenvalue weighted by atomic mass is 16.5. The molecular weight excluding hydrogens is 358 g/mol. The number of alkyl carbamates (subject to hydrolysis) is 1. The van der Waals surface area contributed by atoms with Gasteiger partial charge in [-0.1, -0.05) is 32.0 Å². The molecule has 0 saturated carbocycles. The molecule has 2 rings (SSSR count). The molecule has 0 bridgehead atoms. The fourth-order valence-electron chi connectivity index (χ4n) is 2.36. The van der Waals surface area contributed by atoms with E-state index in [0.717, 1.165) is 16.9 Å². The summed E-state index contributed by atoms with van der Waals surface area (Å²) in [5.41, 5.74) is 2.54. The van der Waals surface area contributed by atoms with Crippen molar-refractivity contribution in [1.82, 2.24) is 10.3 Å². The van der Waals surface area contributed by atoms with E-state index in [0.29, 0.717) is 18.2 Å². The third-order valence-corrected chi connectivity index (χ3v) is 3.89. The van der Waals surface area contributed by atoms with Crippen LogP contribution in [0, 0.1) is 19.8 Å². The number of rotatable bonds is 7. The van der Waals surface area contributed by atoms with Crippen molar-refractivity contribution in [2.75, 3.05) is 11.9 Å². The van der Waals surface area contributed by atoms with Gasteiger partial charge in [-0.15, -0.1) is 0 Å². The van der Waals surface area contributed by atoms with Gasteiger partial charge in [0.2, 0.25) is 11.8 Å². The van der Waals surface area contributed by atoms with Crippen molar-refractivity contribution >= 4 is 17.7 Å². The zero-order chi connectivity index (χ0) is 20.7. The second-order valence-corrected chi connectivity index (χ2v) is 7.06. The number of aryl methyl sites for hydroxylation is 2. The van der Waals surface area contributed by atoms with Crippen LogP contribution in [0.25, 0.3) is 0 Å². The predicted molar refractivity (Wildman–Crippen MR) is 108 cm³/mol. The van der Waals surface area contributed by atoms with Gasteiger partial charge >= 0.3 is 6.09 Å². The lowest BCUT2D eigenvalue weighted by Crippen LogP contribution is -2.42. The van der Waals surface area contributed by atoms with Gasteiger partial charge in [0, 0.05) is 6.07 Å². The molecule has 0 radical (unpaired) electrons. The molecule has 0 spiro atoms. The Morgan fingerprint density at radius 2 is 1.75 bits per heavy atom. The van der Waals surface area contributed by atoms with Crippen molar-refractivity contribution < 1.29 is 19.1 Å². The van der Waals surface area contributed by atoms with Crippen molar-refractivity contribution in [3.63, 3.8) is 0 Å². The highest BCUT2D eigenvalue weighted by molar-refractivity contribution is 5.96. The molecule has 0 unspecified atom stereocenters. The molecule has 2 aromatic rings. The summed E-state index contributed by atoms with van der Waals surface area (Å²) in [6.07, 6.45) is 0.886. The average Bonchev–Trinajstić information content (AvgIpc) is 2.64. The molecule has 1 aromatic carbocycles. The molecule has 0 aliphatic heterocycles. The fourth-order valence-corrected chi connectivity index (χ4v) is 2.36. The monoisotopic (exact) mass is 385 g/mol. The van der Waals surface area contributed by atoms with E-state index in [1.165, 1.54) is 6.20 Å². The van der Waals surface area contributed by atoms with Crippen LogP contribution in [0.5, 0.6) is 11.6 Å². The normalized spacial score (nSPS) is 11.6. The van der Waals surface area contributed by atoms with Crippen LogP contribution in [0.4, 0.5) is 10.5 Å². The Kier molecular flexibility index (Phi) is 7.37. The first kappa shape index (κ1) is 21.2. The third-order valence-electron chi connectivity index (χ3n) is 3.89. The number of benzene rings is 1. The summed E-state index contributed by atoms with van der Waals surface area (Å²) in [4.78, 5) is 28.1. The average molecular weight is 385 g/mol. The molecule has 7 heteroatoms. The van der Waals surface area contributed by atoms with Crippen LogP contribution < -0.4 is 15.4 Å². The molecule has 0 saturated heterocycles. The van der Waals surface area contributed by atoms with E-state index in [9.17, 15) is 9.59 Å². The number of carbonyl (C=O) groups is 2. The summed E-state index contributed by atoms with van der Waals surface area (Å²) in [6.45, 7) is 9.69. The van der Waals surface area contributed by atoms with Gasteiger partial charge in [-0.05, 0) is 43.9 Å². The van der Waals surface area contributed by atoms with Crippen LogP contribution in [0.15, 0.2) is 36.5 Å². The summed E-state index contributed by atoms with van der Waals surface area (Å²) in [5.74, 6) is 1.06. The number of amides is 2. The zero-order valence-electron chi connectivity index (χ0n) is 16.9. The standard InChI is InChI=1S/C21H27N3O4/c1-13(2)12-27-21(26)23-16(5)20(25)24-17-9-10-18(22-11-17)28-19-14(3)7-6-8-15(19)4/h6-11,13,16H,12H2,1-5H3,(H,23,26)(H,24,25)/t16-/m1/s1. The number of nitrogens with one attached hydrogen (secondary N) is 2. The number of hydrogen-bond acceptors (Lipinski definition) is 5. The first-order valence-electron chi connectivity index (χ1n) is 9.20. The van der Waals surface area contributed by atoms with Crippen LogP contribution in [0.3, 0.4) is 0 Å². The maximum absolute atomic E-state index is 12.2. The van der Waals surface area contributed by atoms with Crippen molar-refractivity contribution in [2.24, 2.45) is 5.92 Å². The number of para-hydroxylation sites is 1. The van der Waals surface area contributed by atoms with Crippen LogP contribution in [0.2, 0.25) is 0 Å². The first-order valence-corrected chi connectivity index (χ1v) is 9.20. The van der Waals surface area contributed by atoms with E-state index in [1.54, 1.807) is 19.1 Å². The smallest absolute Gasteiger partial charge is 0.407 e. The van der Waals surface area contributed by atoms with Gasteiger partial charge in [0.05, 0.1) is 18.5 Å². The zero-order valence-corrected chi connectivity index (χ0v) is 16.9. The minimum Gasteiger partial charge on any atom is -0.449 e. The lowest BCUT2D eigenvalue weighted by Gasteiger charge is -2.15. The van der Waals surface area contributed by atoms with Gasteiger partial charge in [-0.3, -0.25) is 4.79 Å². The Bertz CT molecular complexity index is 799. The molecule has 0 fully saturated rings. The van der Waals surface area contributed by atoms with E-state index in [1.807, 2.05) is 45.9 Å². The van der Waals surface area contributed by atoms with Crippen molar-refractivity contribution in [3.8, 4) is 11.6 Å². The molecule has 2 amide bonds. The van der Waals surface area contributed by atoms with Gasteiger partial charge in [-0.25, -0.2) is 9.78 Å². The molecule has 7 nitrogen and oxygen atoms in total. The topological polar surface area (TPSA) is 89.6 Å². The number of anilines is 1. The Morgan fingerprint density at radius 3 is 2.32 bits per heavy atom. The summed E-state index contributed by atoms with van der Waals surface area (Å²) in [7, 11) is 0. The van der Waals surface area contributed by atoms with Crippen LogP contribution in [-0.4, -0.2) is 29.6 Å². The SMILES string of the molecule is Cc1cccc(C)c1Oc1ccc(NC(=O)[C@@H](C)NC(=O)OCC(C)C)cn1. The maximum Gasteiger partial charge on any atom is 0.407 e. The van der Waals surface area contributed by atoms with E-state index in [2.05, 4.69) is 15.6 Å². The highest BCUT2D eigenvalue weighted by Gasteiger charge is 2.17. The molecule has 1 atom stereocenters. The Labute approximate surface area is 165 Å². The summed E-state index contributed by atoms with van der Waals surface area (Å²) in [6, 6.07) is 8.53. The summed E-state index contributed by atoms with van der Waals surface area (Å²) >= 11 is 0. The second-order valence-electron chi connectivity index (χ2n) is 7.06. The molecule has 1 aromatic heterocycles. The van der Waals surface area contributed by atoms with Crippen molar-refractivity contribution in [3.05, 3.63) is 47.7 Å². The summed E-state index contributed by atoms with van der Waals surface area (Å²) in [5, 5.41) is 5.19. The Hall–Kier alpha value is -3.09. The number of pyridine rings is 1. The number of ether oxygens (including phenoxy) is 2. The minimum absolute atomic E-state index is 0.227. The van der Waals surface area contributed by atoms with E-state index < -0.39 is 12.1 Å². The molecule has 1 heterocycles. The second kappa shape index (κ2) is 9.73. The summed E-state index contributed by atoms with van der Waals surface area (Å²) < 4.78 is 10.9. The Balaban J connectivity index is 1.91. The van der Waals surface area contributed by atoms with Gasteiger partial charge in [0.25, 0.3) is 0 Å². The predicted octanol–water partition coefficient (Wildman–Crippen LogP) is 4.20. The Morgan fingerprint density at radius 1 is 1.07 bits per heavy atom. The molecule has 2 N–H and O–H groups in total. The minimum atomic E-state index is -0.745. The molecule has 28 heavy (non-hydrogen) atoms. The van der Waals surface area contributed by atoms with Gasteiger partial charge in [0.15, 0.2) is 0 Å². The quantitative estimate of drug-likeness (QED) is 0.745. The van der Waals surface area contributed by atoms with Crippen LogP contribution in [-0.2, 0) is 9.53 Å². The fraction of sp³-hybridized carbons (Fsp3) is 0.381. The molecule has 0 aliphatic carbocycles. The third kappa shape index (κ3) is 6.26. The van der Waals surface area contributed by atoms with Crippen molar-refractivity contribution in [2.45, 2.75) is 40.7 Å². The lowest BCUT2D eigenvalue weighted by atomic mass is 10.1. The molecule has 150 valence electrons. The van der Waals surface area contributed by atoms with E-state index >= 15 is 0 Å². The number of hydrogen-bond donors (Lipinski definition) is 2. The largest absolute Gasteiger partial charge is 0.449 e. The molecule has 0 aliphatic rings. The number of aromatic nitrogens is 1. The highest BCUT2D eigenvalue weighted by Crippen LogP contribution is 2.27. The van der Waals surface area contributed by atoms with E-state index in [-0.39, 0.29) is 11.8 Å². The lowest BCUT2D eigenvalue weighted by molar-refractivity contribution is -0.117. The maximum atomic E-state index is 12.2. The first-order chi connectivity index (χ1) is 13.3. The van der Waals surface area contributed by atoms with Crippen molar-refractivity contribution in [1.29, 1.82) is 0 Å². The van der Waals surface area contributed by atoms with Crippen LogP contribution >= 0.6 is 0 Å². The van der Waals surface area contributed by atoms with Gasteiger partial charge in [0.1, 0.15) is 11.8 Å². The van der Waals surface area contributed by atoms with Gasteiger partial charge in [-0.2, -0.15) is 0 Å². The number of carbonyl (C=O) groups excluding carboxylic acids is 2. The molecular formula is C21H27N3O4. The van der Waals surface area contributed by atoms with Gasteiger partial charge < -0.3 is 20.1 Å².